The number of benzene rings is 1. The zero-order chi connectivity index (χ0) is 12.1. The van der Waals surface area contributed by atoms with Crippen molar-refractivity contribution in [1.29, 1.82) is 0 Å². The molecule has 0 bridgehead atoms. The van der Waals surface area contributed by atoms with Crippen LogP contribution in [-0.2, 0) is 4.79 Å². The van der Waals surface area contributed by atoms with Crippen LogP contribution in [0.25, 0.3) is 0 Å². The molecule has 0 heterocycles. The fraction of sp³-hybridized carbons (Fsp3) is 0.300. The predicted octanol–water partition coefficient (Wildman–Crippen LogP) is 1.65. The highest BCUT2D eigenvalue weighted by Crippen LogP contribution is 2.19. The summed E-state index contributed by atoms with van der Waals surface area (Å²) >= 11 is 0. The molecule has 0 atom stereocenters. The van der Waals surface area contributed by atoms with Gasteiger partial charge < -0.3 is 10.6 Å². The third-order valence-electron chi connectivity index (χ3n) is 1.81. The standard InChI is InChI=1S/C10H11F3N2O/c1-2-14-9(16)5-15-10-7(12)3-6(11)4-8(10)13/h3-4,15H,2,5H2,1H3,(H,14,16). The van der Waals surface area contributed by atoms with Gasteiger partial charge in [-0.3, -0.25) is 4.79 Å². The molecule has 6 heteroatoms. The molecule has 0 saturated heterocycles. The molecule has 0 unspecified atom stereocenters. The van der Waals surface area contributed by atoms with Crippen LogP contribution in [0.15, 0.2) is 12.1 Å². The van der Waals surface area contributed by atoms with Crippen molar-refractivity contribution < 1.29 is 18.0 Å². The number of carbonyl (C=O) groups is 1. The summed E-state index contributed by atoms with van der Waals surface area (Å²) in [7, 11) is 0. The van der Waals surface area contributed by atoms with Crippen LogP contribution in [0.3, 0.4) is 0 Å². The highest BCUT2D eigenvalue weighted by Gasteiger charge is 2.11. The van der Waals surface area contributed by atoms with Crippen LogP contribution in [0, 0.1) is 17.5 Å². The second kappa shape index (κ2) is 5.39. The summed E-state index contributed by atoms with van der Waals surface area (Å²) in [5, 5.41) is 4.71. The molecule has 16 heavy (non-hydrogen) atoms. The molecule has 2 N–H and O–H groups in total. The molecule has 1 rings (SSSR count). The minimum Gasteiger partial charge on any atom is -0.371 e. The Hall–Kier alpha value is -1.72. The second-order valence-electron chi connectivity index (χ2n) is 3.05. The molecule has 88 valence electrons. The molecule has 0 aliphatic carbocycles. The van der Waals surface area contributed by atoms with Crippen molar-refractivity contribution in [1.82, 2.24) is 5.32 Å². The van der Waals surface area contributed by atoms with Crippen LogP contribution in [0.5, 0.6) is 0 Å². The Bertz CT molecular complexity index is 373. The lowest BCUT2D eigenvalue weighted by Gasteiger charge is -2.08. The monoisotopic (exact) mass is 232 g/mol. The van der Waals surface area contributed by atoms with Gasteiger partial charge in [0.2, 0.25) is 5.91 Å². The van der Waals surface area contributed by atoms with Gasteiger partial charge in [-0.25, -0.2) is 13.2 Å². The highest BCUT2D eigenvalue weighted by molar-refractivity contribution is 5.80. The summed E-state index contributed by atoms with van der Waals surface area (Å²) in [6, 6.07) is 1.09. The molecule has 1 aromatic carbocycles. The van der Waals surface area contributed by atoms with E-state index in [0.29, 0.717) is 18.7 Å². The zero-order valence-electron chi connectivity index (χ0n) is 8.61. The van der Waals surface area contributed by atoms with E-state index in [2.05, 4.69) is 10.6 Å². The maximum Gasteiger partial charge on any atom is 0.239 e. The molecule has 0 fully saturated rings. The summed E-state index contributed by atoms with van der Waals surface area (Å²) < 4.78 is 38.7. The van der Waals surface area contributed by atoms with E-state index >= 15 is 0 Å². The van der Waals surface area contributed by atoms with Crippen LogP contribution < -0.4 is 10.6 Å². The van der Waals surface area contributed by atoms with E-state index in [1.165, 1.54) is 0 Å². The first-order valence-corrected chi connectivity index (χ1v) is 4.69. The van der Waals surface area contributed by atoms with Crippen molar-refractivity contribution >= 4 is 11.6 Å². The summed E-state index contributed by atoms with van der Waals surface area (Å²) in [6.45, 7) is 1.87. The Balaban J connectivity index is 2.70. The average Bonchev–Trinajstić information content (AvgIpc) is 2.16. The van der Waals surface area contributed by atoms with Crippen LogP contribution in [0.4, 0.5) is 18.9 Å². The molecule has 0 spiro atoms. The SMILES string of the molecule is CCNC(=O)CNc1c(F)cc(F)cc1F. The van der Waals surface area contributed by atoms with E-state index in [4.69, 9.17) is 0 Å². The number of anilines is 1. The van der Waals surface area contributed by atoms with Crippen LogP contribution >= 0.6 is 0 Å². The topological polar surface area (TPSA) is 41.1 Å². The van der Waals surface area contributed by atoms with Gasteiger partial charge in [-0.15, -0.1) is 0 Å². The van der Waals surface area contributed by atoms with Gasteiger partial charge in [0, 0.05) is 18.7 Å². The largest absolute Gasteiger partial charge is 0.371 e. The molecule has 1 amide bonds. The molecule has 3 nitrogen and oxygen atoms in total. The maximum atomic E-state index is 13.1. The minimum absolute atomic E-state index is 0.271. The van der Waals surface area contributed by atoms with Gasteiger partial charge in [-0.2, -0.15) is 0 Å². The summed E-state index contributed by atoms with van der Waals surface area (Å²) in [5.74, 6) is -3.53. The number of carbonyl (C=O) groups excluding carboxylic acids is 1. The van der Waals surface area contributed by atoms with Crippen molar-refractivity contribution in [2.45, 2.75) is 6.92 Å². The van der Waals surface area contributed by atoms with E-state index in [1.807, 2.05) is 0 Å². The molecular weight excluding hydrogens is 221 g/mol. The Kier molecular flexibility index (Phi) is 4.16. The highest BCUT2D eigenvalue weighted by atomic mass is 19.1. The van der Waals surface area contributed by atoms with Gasteiger partial charge in [0.25, 0.3) is 0 Å². The van der Waals surface area contributed by atoms with Gasteiger partial charge >= 0.3 is 0 Å². The van der Waals surface area contributed by atoms with Gasteiger partial charge in [0.15, 0.2) is 11.6 Å². The number of hydrogen-bond acceptors (Lipinski definition) is 2. The van der Waals surface area contributed by atoms with Crippen molar-refractivity contribution in [2.75, 3.05) is 18.4 Å². The lowest BCUT2D eigenvalue weighted by Crippen LogP contribution is -2.29. The van der Waals surface area contributed by atoms with Crippen molar-refractivity contribution in [3.8, 4) is 0 Å². The summed E-state index contributed by atoms with van der Waals surface area (Å²) in [5.41, 5.74) is -0.507. The number of nitrogens with one attached hydrogen (secondary N) is 2. The van der Waals surface area contributed by atoms with Gasteiger partial charge in [-0.1, -0.05) is 0 Å². The van der Waals surface area contributed by atoms with Crippen LogP contribution in [-0.4, -0.2) is 19.0 Å². The lowest BCUT2D eigenvalue weighted by atomic mass is 10.2. The summed E-state index contributed by atoms with van der Waals surface area (Å²) in [4.78, 5) is 11.0. The average molecular weight is 232 g/mol. The first-order chi connectivity index (χ1) is 7.54. The first kappa shape index (κ1) is 12.4. The quantitative estimate of drug-likeness (QED) is 0.828. The molecule has 0 saturated carbocycles. The van der Waals surface area contributed by atoms with Crippen molar-refractivity contribution in [3.63, 3.8) is 0 Å². The van der Waals surface area contributed by atoms with Crippen molar-refractivity contribution in [3.05, 3.63) is 29.6 Å². The third kappa shape index (κ3) is 3.15. The van der Waals surface area contributed by atoms with E-state index in [9.17, 15) is 18.0 Å². The van der Waals surface area contributed by atoms with E-state index in [0.717, 1.165) is 0 Å². The molecule has 0 aliphatic rings. The third-order valence-corrected chi connectivity index (χ3v) is 1.81. The number of halogens is 3. The maximum absolute atomic E-state index is 13.1. The van der Waals surface area contributed by atoms with Gasteiger partial charge in [0.1, 0.15) is 11.5 Å². The first-order valence-electron chi connectivity index (χ1n) is 4.69. The fourth-order valence-corrected chi connectivity index (χ4v) is 1.14. The molecule has 0 aromatic heterocycles. The normalized spacial score (nSPS) is 10.0. The summed E-state index contributed by atoms with van der Waals surface area (Å²) in [6.07, 6.45) is 0. The smallest absolute Gasteiger partial charge is 0.239 e. The lowest BCUT2D eigenvalue weighted by molar-refractivity contribution is -0.119. The van der Waals surface area contributed by atoms with Gasteiger partial charge in [-0.05, 0) is 6.92 Å². The number of amides is 1. The van der Waals surface area contributed by atoms with E-state index in [-0.39, 0.29) is 6.54 Å². The number of hydrogen-bond donors (Lipinski definition) is 2. The Morgan fingerprint density at radius 2 is 1.81 bits per heavy atom. The van der Waals surface area contributed by atoms with Gasteiger partial charge in [0.05, 0.1) is 6.54 Å². The number of likely N-dealkylation sites (N-methyl/N-ethyl adjacent to an activating group) is 1. The Morgan fingerprint density at radius 1 is 1.25 bits per heavy atom. The van der Waals surface area contributed by atoms with Crippen LogP contribution in [0.1, 0.15) is 6.92 Å². The molecular formula is C10H11F3N2O. The zero-order valence-corrected chi connectivity index (χ0v) is 8.61. The second-order valence-corrected chi connectivity index (χ2v) is 3.05. The van der Waals surface area contributed by atoms with E-state index < -0.39 is 29.0 Å². The van der Waals surface area contributed by atoms with E-state index in [1.54, 1.807) is 6.92 Å². The molecule has 0 aliphatic heterocycles. The fourth-order valence-electron chi connectivity index (χ4n) is 1.14. The molecule has 1 aromatic rings. The minimum atomic E-state index is -1.07. The Morgan fingerprint density at radius 3 is 2.31 bits per heavy atom. The molecule has 0 radical (unpaired) electrons. The Labute approximate surface area is 90.6 Å². The predicted molar refractivity (Wildman–Crippen MR) is 53.5 cm³/mol. The van der Waals surface area contributed by atoms with Crippen LogP contribution in [0.2, 0.25) is 0 Å². The van der Waals surface area contributed by atoms with Crippen molar-refractivity contribution in [2.24, 2.45) is 0 Å². The number of rotatable bonds is 4.